The summed E-state index contributed by atoms with van der Waals surface area (Å²) in [5, 5.41) is 3.78. The summed E-state index contributed by atoms with van der Waals surface area (Å²) in [6.07, 6.45) is 0.915. The second-order valence-electron chi connectivity index (χ2n) is 6.89. The molecule has 7 heteroatoms. The lowest BCUT2D eigenvalue weighted by atomic mass is 10.1. The van der Waals surface area contributed by atoms with Crippen LogP contribution in [0.5, 0.6) is 17.2 Å². The number of benzene rings is 3. The van der Waals surface area contributed by atoms with Gasteiger partial charge in [0.25, 0.3) is 0 Å². The topological polar surface area (TPSA) is 39.7 Å². The molecule has 0 aliphatic rings. The molecule has 0 amide bonds. The van der Waals surface area contributed by atoms with Gasteiger partial charge >= 0.3 is 0 Å². The van der Waals surface area contributed by atoms with Gasteiger partial charge in [-0.25, -0.2) is 4.39 Å². The van der Waals surface area contributed by atoms with E-state index in [1.807, 2.05) is 24.3 Å². The minimum Gasteiger partial charge on any atom is -0.497 e. The van der Waals surface area contributed by atoms with Crippen LogP contribution in [0, 0.1) is 5.82 Å². The number of hydrogen-bond donors (Lipinski definition) is 1. The molecule has 0 aliphatic heterocycles. The van der Waals surface area contributed by atoms with E-state index in [2.05, 4.69) is 33.4 Å². The molecule has 0 atom stereocenters. The highest BCUT2D eigenvalue weighted by Crippen LogP contribution is 2.34. The van der Waals surface area contributed by atoms with Crippen LogP contribution in [0.3, 0.4) is 0 Å². The van der Waals surface area contributed by atoms with Gasteiger partial charge in [-0.05, 0) is 60.5 Å². The number of halogens is 3. The predicted molar refractivity (Wildman–Crippen MR) is 125 cm³/mol. The summed E-state index contributed by atoms with van der Waals surface area (Å²) in [6.45, 7) is 1.72. The van der Waals surface area contributed by atoms with Gasteiger partial charge in [0.2, 0.25) is 0 Å². The van der Waals surface area contributed by atoms with Crippen molar-refractivity contribution in [2.45, 2.75) is 19.6 Å². The zero-order chi connectivity index (χ0) is 22.2. The molecule has 0 radical (unpaired) electrons. The van der Waals surface area contributed by atoms with Gasteiger partial charge in [0, 0.05) is 16.6 Å². The molecule has 164 valence electrons. The number of methoxy groups -OCH3 is 2. The lowest BCUT2D eigenvalue weighted by Crippen LogP contribution is -2.17. The lowest BCUT2D eigenvalue weighted by molar-refractivity contribution is 0.284. The summed E-state index contributed by atoms with van der Waals surface area (Å²) in [5.74, 6) is 1.68. The SMILES string of the molecule is COc1ccc(CCNCc2cc(OC)c(OCc3ccc(F)cc3Cl)cc2Br)cc1. The molecule has 0 aliphatic carbocycles. The largest absolute Gasteiger partial charge is 0.497 e. The van der Waals surface area contributed by atoms with Crippen molar-refractivity contribution in [2.75, 3.05) is 20.8 Å². The monoisotopic (exact) mass is 507 g/mol. The van der Waals surface area contributed by atoms with Crippen molar-refractivity contribution < 1.29 is 18.6 Å². The van der Waals surface area contributed by atoms with Gasteiger partial charge in [-0.2, -0.15) is 0 Å². The second-order valence-corrected chi connectivity index (χ2v) is 8.16. The van der Waals surface area contributed by atoms with E-state index >= 15 is 0 Å². The van der Waals surface area contributed by atoms with Gasteiger partial charge in [0.15, 0.2) is 11.5 Å². The standard InChI is InChI=1S/C24H24BrClFNO3/c1-29-20-7-3-16(4-8-20)9-10-28-14-18-11-23(30-2)24(13-21(18)25)31-15-17-5-6-19(27)12-22(17)26/h3-8,11-13,28H,9-10,14-15H2,1-2H3. The molecule has 0 saturated heterocycles. The van der Waals surface area contributed by atoms with Crippen molar-refractivity contribution in [3.63, 3.8) is 0 Å². The minimum atomic E-state index is -0.377. The molecule has 0 heterocycles. The van der Waals surface area contributed by atoms with E-state index in [1.54, 1.807) is 20.3 Å². The fourth-order valence-corrected chi connectivity index (χ4v) is 3.71. The first kappa shape index (κ1) is 23.4. The summed E-state index contributed by atoms with van der Waals surface area (Å²) in [4.78, 5) is 0. The smallest absolute Gasteiger partial charge is 0.162 e. The van der Waals surface area contributed by atoms with E-state index in [-0.39, 0.29) is 12.4 Å². The van der Waals surface area contributed by atoms with Crippen LogP contribution < -0.4 is 19.5 Å². The lowest BCUT2D eigenvalue weighted by Gasteiger charge is -2.15. The molecule has 3 aromatic rings. The molecule has 0 unspecified atom stereocenters. The van der Waals surface area contributed by atoms with Gasteiger partial charge in [0.1, 0.15) is 18.2 Å². The Hall–Kier alpha value is -2.28. The van der Waals surface area contributed by atoms with Gasteiger partial charge in [-0.3, -0.25) is 0 Å². The Kier molecular flexibility index (Phi) is 8.58. The maximum Gasteiger partial charge on any atom is 0.162 e. The highest BCUT2D eigenvalue weighted by Gasteiger charge is 2.12. The Bertz CT molecular complexity index is 1010. The summed E-state index contributed by atoms with van der Waals surface area (Å²) < 4.78 is 30.7. The quantitative estimate of drug-likeness (QED) is 0.333. The second kappa shape index (κ2) is 11.4. The summed E-state index contributed by atoms with van der Waals surface area (Å²) in [5.41, 5.74) is 3.00. The summed E-state index contributed by atoms with van der Waals surface area (Å²) in [7, 11) is 3.26. The van der Waals surface area contributed by atoms with Gasteiger partial charge in [0.05, 0.1) is 19.2 Å². The van der Waals surface area contributed by atoms with E-state index in [0.29, 0.717) is 28.6 Å². The number of nitrogens with one attached hydrogen (secondary N) is 1. The van der Waals surface area contributed by atoms with Crippen molar-refractivity contribution in [1.82, 2.24) is 5.32 Å². The van der Waals surface area contributed by atoms with E-state index in [9.17, 15) is 4.39 Å². The Labute approximate surface area is 195 Å². The maximum atomic E-state index is 13.2. The molecule has 3 aromatic carbocycles. The maximum absolute atomic E-state index is 13.2. The first-order chi connectivity index (χ1) is 15.0. The van der Waals surface area contributed by atoms with Crippen LogP contribution in [0.15, 0.2) is 59.1 Å². The molecule has 0 bridgehead atoms. The Morgan fingerprint density at radius 1 is 0.935 bits per heavy atom. The molecule has 0 saturated carbocycles. The Morgan fingerprint density at radius 3 is 2.39 bits per heavy atom. The number of hydrogen-bond acceptors (Lipinski definition) is 4. The fraction of sp³-hybridized carbons (Fsp3) is 0.250. The molecule has 1 N–H and O–H groups in total. The first-order valence-corrected chi connectivity index (χ1v) is 10.9. The first-order valence-electron chi connectivity index (χ1n) is 9.77. The zero-order valence-corrected chi connectivity index (χ0v) is 19.7. The Morgan fingerprint density at radius 2 is 1.71 bits per heavy atom. The van der Waals surface area contributed by atoms with Crippen LogP contribution in [0.4, 0.5) is 4.39 Å². The summed E-state index contributed by atoms with van der Waals surface area (Å²) in [6, 6.07) is 16.1. The van der Waals surface area contributed by atoms with Crippen molar-refractivity contribution in [3.8, 4) is 17.2 Å². The van der Waals surface area contributed by atoms with E-state index in [0.717, 1.165) is 28.8 Å². The third-order valence-electron chi connectivity index (χ3n) is 4.80. The van der Waals surface area contributed by atoms with E-state index in [4.69, 9.17) is 25.8 Å². The molecular formula is C24H24BrClFNO3. The van der Waals surface area contributed by atoms with Crippen molar-refractivity contribution in [1.29, 1.82) is 0 Å². The third-order valence-corrected chi connectivity index (χ3v) is 5.89. The van der Waals surface area contributed by atoms with Crippen molar-refractivity contribution in [2.24, 2.45) is 0 Å². The molecular weight excluding hydrogens is 485 g/mol. The van der Waals surface area contributed by atoms with Crippen molar-refractivity contribution in [3.05, 3.63) is 86.6 Å². The van der Waals surface area contributed by atoms with Gasteiger partial charge in [-0.15, -0.1) is 0 Å². The molecule has 3 rings (SSSR count). The van der Waals surface area contributed by atoms with Crippen LogP contribution in [0.2, 0.25) is 5.02 Å². The molecule has 0 aromatic heterocycles. The zero-order valence-electron chi connectivity index (χ0n) is 17.4. The third kappa shape index (κ3) is 6.60. The van der Waals surface area contributed by atoms with Crippen LogP contribution >= 0.6 is 27.5 Å². The normalized spacial score (nSPS) is 10.7. The fourth-order valence-electron chi connectivity index (χ4n) is 3.03. The Balaban J connectivity index is 1.57. The van der Waals surface area contributed by atoms with E-state index < -0.39 is 0 Å². The van der Waals surface area contributed by atoms with E-state index in [1.165, 1.54) is 17.7 Å². The molecule has 0 fully saturated rings. The number of rotatable bonds is 10. The average Bonchev–Trinajstić information content (AvgIpc) is 2.77. The summed E-state index contributed by atoms with van der Waals surface area (Å²) >= 11 is 9.69. The molecule has 4 nitrogen and oxygen atoms in total. The van der Waals surface area contributed by atoms with Crippen LogP contribution in [-0.2, 0) is 19.6 Å². The average molecular weight is 509 g/mol. The van der Waals surface area contributed by atoms with Crippen molar-refractivity contribution >= 4 is 27.5 Å². The van der Waals surface area contributed by atoms with Gasteiger partial charge < -0.3 is 19.5 Å². The highest BCUT2D eigenvalue weighted by atomic mass is 79.9. The highest BCUT2D eigenvalue weighted by molar-refractivity contribution is 9.10. The van der Waals surface area contributed by atoms with Crippen LogP contribution in [0.1, 0.15) is 16.7 Å². The molecule has 0 spiro atoms. The molecule has 31 heavy (non-hydrogen) atoms. The number of ether oxygens (including phenoxy) is 3. The minimum absolute atomic E-state index is 0.210. The predicted octanol–water partition coefficient (Wildman–Crippen LogP) is 6.17. The van der Waals surface area contributed by atoms with Crippen LogP contribution in [0.25, 0.3) is 0 Å². The van der Waals surface area contributed by atoms with Crippen LogP contribution in [-0.4, -0.2) is 20.8 Å². The van der Waals surface area contributed by atoms with Gasteiger partial charge in [-0.1, -0.05) is 45.7 Å².